The maximum Gasteiger partial charge on any atom is 0.194 e. The van der Waals surface area contributed by atoms with Crippen LogP contribution in [0.5, 0.6) is 0 Å². The number of hydrogen-bond acceptors (Lipinski definition) is 9. The van der Waals surface area contributed by atoms with Gasteiger partial charge in [0.15, 0.2) is 34.8 Å². The molecule has 0 atom stereocenters. The zero-order valence-electron chi connectivity index (χ0n) is 28.0. The predicted molar refractivity (Wildman–Crippen MR) is 202 cm³/mol. The van der Waals surface area contributed by atoms with Gasteiger partial charge in [-0.05, 0) is 83.7 Å². The topological polar surface area (TPSA) is 129 Å². The zero-order chi connectivity index (χ0) is 38.5. The maximum absolute atomic E-state index is 14.4. The fourth-order valence-corrected chi connectivity index (χ4v) is 12.8. The van der Waals surface area contributed by atoms with Crippen LogP contribution in [0.4, 0.5) is 17.6 Å². The van der Waals surface area contributed by atoms with Gasteiger partial charge < -0.3 is 0 Å². The summed E-state index contributed by atoms with van der Waals surface area (Å²) in [7, 11) is 0. The van der Waals surface area contributed by atoms with Crippen molar-refractivity contribution in [3.63, 3.8) is 0 Å². The van der Waals surface area contributed by atoms with Crippen LogP contribution in [-0.2, 0) is 5.41 Å². The summed E-state index contributed by atoms with van der Waals surface area (Å²) >= 11 is 4.55. The molecule has 5 aromatic rings. The molecule has 9 rings (SSSR count). The molecule has 4 aliphatic carbocycles. The first-order valence-corrected chi connectivity index (χ1v) is 19.3. The summed E-state index contributed by atoms with van der Waals surface area (Å²) in [4.78, 5) is 28.9. The number of benzene rings is 2. The smallest absolute Gasteiger partial charge is 0.194 e. The van der Waals surface area contributed by atoms with Gasteiger partial charge in [0.2, 0.25) is 0 Å². The van der Waals surface area contributed by atoms with E-state index in [1.54, 1.807) is 47.0 Å². The van der Waals surface area contributed by atoms with Crippen LogP contribution >= 0.6 is 34.0 Å². The van der Waals surface area contributed by atoms with E-state index < -0.39 is 45.8 Å². The minimum Gasteiger partial charge on any atom is -0.289 e. The lowest BCUT2D eigenvalue weighted by Crippen LogP contribution is -2.28. The van der Waals surface area contributed by atoms with Gasteiger partial charge in [-0.15, -0.1) is 34.0 Å². The van der Waals surface area contributed by atoms with E-state index in [1.165, 1.54) is 11.3 Å². The first kappa shape index (κ1) is 34.5. The molecule has 0 amide bonds. The Morgan fingerprint density at radius 2 is 1.13 bits per heavy atom. The lowest BCUT2D eigenvalue weighted by atomic mass is 9.67. The van der Waals surface area contributed by atoms with Crippen molar-refractivity contribution >= 4 is 87.7 Å². The standard InChI is InChI=1S/C42H18F4N4O2S3/c43-28-10-22-24(12-30(28)45)37(51)26(34(22)18(14-47)15-48)6-20-7-32-36(42(20)4-2-1-3-5-42)40-41(54-32)39-33(55-40)9-21(53-39)8-27-35(19(16-49)17-50)23-11-29(44)31(46)13-25(23)38(27)52/h6-13H,1-5H2/b26-6-,27-8-. The molecule has 264 valence electrons. The second-order valence-corrected chi connectivity index (χ2v) is 16.7. The second kappa shape index (κ2) is 12.4. The van der Waals surface area contributed by atoms with Crippen molar-refractivity contribution in [3.05, 3.63) is 125 Å². The van der Waals surface area contributed by atoms with Crippen LogP contribution in [0.25, 0.3) is 42.1 Å². The van der Waals surface area contributed by atoms with E-state index in [9.17, 15) is 48.2 Å². The van der Waals surface area contributed by atoms with E-state index in [-0.39, 0.29) is 50.1 Å². The Hall–Kier alpha value is -6.22. The Morgan fingerprint density at radius 3 is 1.65 bits per heavy atom. The molecule has 0 saturated heterocycles. The highest BCUT2D eigenvalue weighted by molar-refractivity contribution is 7.39. The number of fused-ring (bicyclic) bond motifs is 8. The van der Waals surface area contributed by atoms with E-state index in [1.807, 2.05) is 24.3 Å². The van der Waals surface area contributed by atoms with E-state index in [2.05, 4.69) is 0 Å². The van der Waals surface area contributed by atoms with Crippen molar-refractivity contribution < 1.29 is 27.2 Å². The van der Waals surface area contributed by atoms with Gasteiger partial charge in [0, 0.05) is 53.3 Å². The average molecular weight is 783 g/mol. The van der Waals surface area contributed by atoms with Crippen molar-refractivity contribution in [2.75, 3.05) is 0 Å². The molecule has 4 aliphatic rings. The molecule has 1 saturated carbocycles. The number of nitriles is 4. The Morgan fingerprint density at radius 1 is 0.618 bits per heavy atom. The van der Waals surface area contributed by atoms with Gasteiger partial charge >= 0.3 is 0 Å². The van der Waals surface area contributed by atoms with Crippen LogP contribution in [0.3, 0.4) is 0 Å². The number of halogens is 4. The third kappa shape index (κ3) is 4.84. The van der Waals surface area contributed by atoms with Crippen LogP contribution in [0.15, 0.2) is 64.3 Å². The highest BCUT2D eigenvalue weighted by atomic mass is 32.1. The number of thiophene rings is 3. The molecule has 0 radical (unpaired) electrons. The molecule has 6 nitrogen and oxygen atoms in total. The number of Topliss-reactive ketones (excluding diaryl/α,β-unsaturated/α-hetero) is 2. The highest BCUT2D eigenvalue weighted by Crippen LogP contribution is 2.60. The van der Waals surface area contributed by atoms with Gasteiger partial charge in [-0.1, -0.05) is 19.3 Å². The fraction of sp³-hybridized carbons (Fsp3) is 0.143. The van der Waals surface area contributed by atoms with Gasteiger partial charge in [0.1, 0.15) is 35.4 Å². The molecule has 3 aromatic heterocycles. The summed E-state index contributed by atoms with van der Waals surface area (Å²) in [5.74, 6) is -6.03. The predicted octanol–water partition coefficient (Wildman–Crippen LogP) is 11.0. The molecular weight excluding hydrogens is 765 g/mol. The third-order valence-corrected chi connectivity index (χ3v) is 14.6. The zero-order valence-corrected chi connectivity index (χ0v) is 30.4. The molecule has 0 aliphatic heterocycles. The van der Waals surface area contributed by atoms with Gasteiger partial charge in [0.05, 0.1) is 14.1 Å². The van der Waals surface area contributed by atoms with Crippen molar-refractivity contribution in [1.82, 2.24) is 0 Å². The summed E-state index contributed by atoms with van der Waals surface area (Å²) in [6, 6.07) is 12.4. The molecule has 2 aromatic carbocycles. The van der Waals surface area contributed by atoms with Gasteiger partial charge in [-0.2, -0.15) is 21.0 Å². The fourth-order valence-electron chi connectivity index (χ4n) is 8.42. The van der Waals surface area contributed by atoms with E-state index >= 15 is 0 Å². The lowest BCUT2D eigenvalue weighted by Gasteiger charge is -2.36. The van der Waals surface area contributed by atoms with Gasteiger partial charge in [-0.3, -0.25) is 9.59 Å². The van der Waals surface area contributed by atoms with Crippen LogP contribution in [0.2, 0.25) is 0 Å². The van der Waals surface area contributed by atoms with Crippen LogP contribution < -0.4 is 0 Å². The minimum atomic E-state index is -1.21. The summed E-state index contributed by atoms with van der Waals surface area (Å²) in [5.41, 5.74) is 0.447. The lowest BCUT2D eigenvalue weighted by molar-refractivity contribution is 0.103. The van der Waals surface area contributed by atoms with Crippen molar-refractivity contribution in [2.24, 2.45) is 0 Å². The first-order valence-electron chi connectivity index (χ1n) is 16.9. The van der Waals surface area contributed by atoms with Gasteiger partial charge in [-0.25, -0.2) is 17.6 Å². The maximum atomic E-state index is 14.4. The molecule has 13 heteroatoms. The van der Waals surface area contributed by atoms with Crippen molar-refractivity contribution in [3.8, 4) is 24.3 Å². The van der Waals surface area contributed by atoms with Crippen LogP contribution in [0, 0.1) is 68.6 Å². The van der Waals surface area contributed by atoms with Crippen molar-refractivity contribution in [2.45, 2.75) is 37.5 Å². The molecular formula is C42H18F4N4O2S3. The normalized spacial score (nSPS) is 18.1. The monoisotopic (exact) mass is 782 g/mol. The summed E-state index contributed by atoms with van der Waals surface area (Å²) in [5, 5.41) is 39.0. The number of nitrogens with zero attached hydrogens (tertiary/aromatic N) is 4. The SMILES string of the molecule is N#CC(C#N)=C1/C(=C/C2=Cc3sc4c(sc5cc(/C=C6\C(=O)c7cc(F)c(F)cc7C6=C(C#N)C#N)sc54)c3C23CCCCC3)C(=O)c2cc(F)c(F)cc21. The number of carbonyl (C=O) groups is 2. The molecule has 1 fully saturated rings. The Balaban J connectivity index is 1.18. The summed E-state index contributed by atoms with van der Waals surface area (Å²) in [6.45, 7) is 0. The number of rotatable bonds is 2. The number of hydrogen-bond donors (Lipinski definition) is 0. The van der Waals surface area contributed by atoms with E-state index in [0.29, 0.717) is 4.88 Å². The quantitative estimate of drug-likeness (QED) is 0.0996. The third-order valence-electron chi connectivity index (χ3n) is 10.8. The number of ketones is 2. The Kier molecular flexibility index (Phi) is 7.80. The Bertz CT molecular complexity index is 3010. The number of allylic oxidation sites excluding steroid dienone is 8. The summed E-state index contributed by atoms with van der Waals surface area (Å²) in [6.07, 6.45) is 9.67. The molecule has 55 heavy (non-hydrogen) atoms. The second-order valence-electron chi connectivity index (χ2n) is 13.5. The molecule has 1 spiro atoms. The highest BCUT2D eigenvalue weighted by Gasteiger charge is 2.46. The molecule has 0 N–H and O–H groups in total. The minimum absolute atomic E-state index is 0.00264. The largest absolute Gasteiger partial charge is 0.289 e. The molecule has 0 bridgehead atoms. The van der Waals surface area contributed by atoms with Gasteiger partial charge in [0.25, 0.3) is 0 Å². The molecule has 3 heterocycles. The first-order chi connectivity index (χ1) is 26.5. The van der Waals surface area contributed by atoms with E-state index in [0.717, 1.165) is 91.2 Å². The molecule has 0 unspecified atom stereocenters. The number of carbonyl (C=O) groups excluding carboxylic acids is 2. The van der Waals surface area contributed by atoms with Crippen LogP contribution in [0.1, 0.15) is 79.3 Å². The van der Waals surface area contributed by atoms with Crippen molar-refractivity contribution in [1.29, 1.82) is 21.0 Å². The summed E-state index contributed by atoms with van der Waals surface area (Å²) < 4.78 is 61.2. The Labute approximate surface area is 321 Å². The average Bonchev–Trinajstić information content (AvgIpc) is 3.98. The van der Waals surface area contributed by atoms with Crippen LogP contribution in [-0.4, -0.2) is 11.6 Å². The van der Waals surface area contributed by atoms with E-state index in [4.69, 9.17) is 0 Å².